The van der Waals surface area contributed by atoms with Gasteiger partial charge in [-0.25, -0.2) is 4.79 Å². The largest absolute Gasteiger partial charge is 0.478 e. The van der Waals surface area contributed by atoms with Crippen molar-refractivity contribution in [2.75, 3.05) is 11.9 Å². The van der Waals surface area contributed by atoms with E-state index in [1.165, 1.54) is 19.0 Å². The fourth-order valence-corrected chi connectivity index (χ4v) is 2.59. The summed E-state index contributed by atoms with van der Waals surface area (Å²) in [6.07, 6.45) is 4.03. The molecule has 4 heteroatoms. The molecule has 2 N–H and O–H groups in total. The first-order valence-corrected chi connectivity index (χ1v) is 7.01. The van der Waals surface area contributed by atoms with Crippen molar-refractivity contribution in [1.82, 2.24) is 4.98 Å². The molecule has 1 aromatic heterocycles. The van der Waals surface area contributed by atoms with Crippen molar-refractivity contribution >= 4 is 22.6 Å². The second-order valence-corrected chi connectivity index (χ2v) is 5.56. The first-order valence-electron chi connectivity index (χ1n) is 7.01. The van der Waals surface area contributed by atoms with E-state index in [1.54, 1.807) is 0 Å². The zero-order valence-corrected chi connectivity index (χ0v) is 11.5. The van der Waals surface area contributed by atoms with Gasteiger partial charge in [0.25, 0.3) is 0 Å². The van der Waals surface area contributed by atoms with Crippen LogP contribution in [-0.4, -0.2) is 22.6 Å². The number of aromatic nitrogens is 1. The van der Waals surface area contributed by atoms with Gasteiger partial charge in [0.2, 0.25) is 0 Å². The third-order valence-electron chi connectivity index (χ3n) is 4.03. The minimum absolute atomic E-state index is 0.242. The maximum absolute atomic E-state index is 11.4. The van der Waals surface area contributed by atoms with E-state index in [1.807, 2.05) is 24.3 Å². The van der Waals surface area contributed by atoms with Crippen LogP contribution in [-0.2, 0) is 0 Å². The Balaban J connectivity index is 1.96. The van der Waals surface area contributed by atoms with Gasteiger partial charge < -0.3 is 10.4 Å². The fraction of sp³-hybridized carbons (Fsp3) is 0.375. The highest BCUT2D eigenvalue weighted by Crippen LogP contribution is 2.37. The number of benzene rings is 1. The molecule has 4 nitrogen and oxygen atoms in total. The lowest BCUT2D eigenvalue weighted by atomic mass is 10.1. The Hall–Kier alpha value is -2.10. The average molecular weight is 270 g/mol. The summed E-state index contributed by atoms with van der Waals surface area (Å²) in [6.45, 7) is 3.02. The van der Waals surface area contributed by atoms with Crippen molar-refractivity contribution < 1.29 is 9.90 Å². The van der Waals surface area contributed by atoms with E-state index >= 15 is 0 Å². The molecule has 1 atom stereocenters. The van der Waals surface area contributed by atoms with Crippen molar-refractivity contribution in [3.63, 3.8) is 0 Å². The number of aromatic carboxylic acids is 1. The van der Waals surface area contributed by atoms with Gasteiger partial charge in [0.1, 0.15) is 5.56 Å². The van der Waals surface area contributed by atoms with Gasteiger partial charge in [-0.1, -0.05) is 25.1 Å². The number of nitrogens with zero attached hydrogens (tertiary/aromatic N) is 1. The van der Waals surface area contributed by atoms with Crippen LogP contribution in [0.25, 0.3) is 10.9 Å². The van der Waals surface area contributed by atoms with Gasteiger partial charge in [0.15, 0.2) is 0 Å². The zero-order valence-electron chi connectivity index (χ0n) is 11.5. The standard InChI is InChI=1S/C16H18N2O2/c1-10(11-6-7-11)8-18-15-12-4-2-3-5-14(12)17-9-13(15)16(19)20/h2-5,9-11H,6-8H2,1H3,(H,17,18)(H,19,20). The third kappa shape index (κ3) is 2.46. The Bertz CT molecular complexity index is 650. The van der Waals surface area contributed by atoms with Crippen LogP contribution in [0.2, 0.25) is 0 Å². The molecule has 3 rings (SSSR count). The number of para-hydroxylation sites is 1. The monoisotopic (exact) mass is 270 g/mol. The molecule has 20 heavy (non-hydrogen) atoms. The van der Waals surface area contributed by atoms with Crippen LogP contribution >= 0.6 is 0 Å². The van der Waals surface area contributed by atoms with E-state index in [2.05, 4.69) is 17.2 Å². The van der Waals surface area contributed by atoms with Crippen LogP contribution in [0.15, 0.2) is 30.5 Å². The van der Waals surface area contributed by atoms with Crippen LogP contribution in [0.4, 0.5) is 5.69 Å². The highest BCUT2D eigenvalue weighted by molar-refractivity contribution is 6.04. The Kier molecular flexibility index (Phi) is 3.30. The van der Waals surface area contributed by atoms with Gasteiger partial charge in [-0.3, -0.25) is 4.98 Å². The lowest BCUT2D eigenvalue weighted by Crippen LogP contribution is -2.15. The molecule has 0 radical (unpaired) electrons. The molecule has 0 aliphatic heterocycles. The van der Waals surface area contributed by atoms with Crippen molar-refractivity contribution in [1.29, 1.82) is 0 Å². The predicted molar refractivity (Wildman–Crippen MR) is 79.1 cm³/mol. The number of nitrogens with one attached hydrogen (secondary N) is 1. The molecule has 0 amide bonds. The van der Waals surface area contributed by atoms with Crippen molar-refractivity contribution in [3.8, 4) is 0 Å². The number of fused-ring (bicyclic) bond motifs is 1. The molecule has 1 aliphatic rings. The molecular weight excluding hydrogens is 252 g/mol. The van der Waals surface area contributed by atoms with Gasteiger partial charge in [-0.05, 0) is 30.7 Å². The minimum Gasteiger partial charge on any atom is -0.478 e. The van der Waals surface area contributed by atoms with Crippen LogP contribution in [0.1, 0.15) is 30.1 Å². The number of anilines is 1. The van der Waals surface area contributed by atoms with E-state index in [9.17, 15) is 9.90 Å². The summed E-state index contributed by atoms with van der Waals surface area (Å²) >= 11 is 0. The Morgan fingerprint density at radius 2 is 2.20 bits per heavy atom. The quantitative estimate of drug-likeness (QED) is 0.874. The van der Waals surface area contributed by atoms with E-state index in [0.717, 1.165) is 23.4 Å². The molecule has 0 spiro atoms. The maximum atomic E-state index is 11.4. The summed E-state index contributed by atoms with van der Waals surface area (Å²) in [4.78, 5) is 15.6. The van der Waals surface area contributed by atoms with E-state index in [-0.39, 0.29) is 5.56 Å². The van der Waals surface area contributed by atoms with Crippen LogP contribution < -0.4 is 5.32 Å². The number of hydrogen-bond donors (Lipinski definition) is 2. The van der Waals surface area contributed by atoms with Gasteiger partial charge in [0.05, 0.1) is 11.2 Å². The molecule has 1 aliphatic carbocycles. The van der Waals surface area contributed by atoms with Gasteiger partial charge in [0, 0.05) is 18.1 Å². The summed E-state index contributed by atoms with van der Waals surface area (Å²) < 4.78 is 0. The summed E-state index contributed by atoms with van der Waals surface area (Å²) in [6, 6.07) is 7.63. The van der Waals surface area contributed by atoms with Crippen LogP contribution in [0.3, 0.4) is 0 Å². The van der Waals surface area contributed by atoms with Gasteiger partial charge >= 0.3 is 5.97 Å². The molecule has 0 saturated heterocycles. The smallest absolute Gasteiger partial charge is 0.339 e. The lowest BCUT2D eigenvalue weighted by Gasteiger charge is -2.16. The third-order valence-corrected chi connectivity index (χ3v) is 4.03. The van der Waals surface area contributed by atoms with Crippen molar-refractivity contribution in [2.24, 2.45) is 11.8 Å². The topological polar surface area (TPSA) is 62.2 Å². The molecular formula is C16H18N2O2. The molecule has 1 saturated carbocycles. The summed E-state index contributed by atoms with van der Waals surface area (Å²) in [5.41, 5.74) is 1.75. The second kappa shape index (κ2) is 5.12. The zero-order chi connectivity index (χ0) is 14.1. The number of carboxylic acids is 1. The summed E-state index contributed by atoms with van der Waals surface area (Å²) in [5, 5.41) is 13.5. The van der Waals surface area contributed by atoms with E-state index in [4.69, 9.17) is 0 Å². The first-order chi connectivity index (χ1) is 9.66. The van der Waals surface area contributed by atoms with Crippen LogP contribution in [0.5, 0.6) is 0 Å². The van der Waals surface area contributed by atoms with Crippen molar-refractivity contribution in [3.05, 3.63) is 36.0 Å². The molecule has 1 heterocycles. The Labute approximate surface area is 117 Å². The minimum atomic E-state index is -0.940. The molecule has 1 fully saturated rings. The first kappa shape index (κ1) is 12.9. The SMILES string of the molecule is CC(CNc1c(C(=O)O)cnc2ccccc12)C1CC1. The highest BCUT2D eigenvalue weighted by Gasteiger charge is 2.28. The molecule has 1 unspecified atom stereocenters. The van der Waals surface area contributed by atoms with E-state index in [0.29, 0.717) is 11.6 Å². The molecule has 1 aromatic carbocycles. The maximum Gasteiger partial charge on any atom is 0.339 e. The Morgan fingerprint density at radius 3 is 2.90 bits per heavy atom. The predicted octanol–water partition coefficient (Wildman–Crippen LogP) is 3.39. The second-order valence-electron chi connectivity index (χ2n) is 5.56. The number of carboxylic acid groups (broad SMARTS) is 1. The van der Waals surface area contributed by atoms with Gasteiger partial charge in [-0.15, -0.1) is 0 Å². The average Bonchev–Trinajstić information content (AvgIpc) is 3.28. The summed E-state index contributed by atoms with van der Waals surface area (Å²) in [7, 11) is 0. The number of pyridine rings is 1. The highest BCUT2D eigenvalue weighted by atomic mass is 16.4. The molecule has 0 bridgehead atoms. The number of hydrogen-bond acceptors (Lipinski definition) is 3. The summed E-state index contributed by atoms with van der Waals surface area (Å²) in [5.74, 6) is 0.428. The molecule has 2 aromatic rings. The number of carbonyl (C=O) groups is 1. The van der Waals surface area contributed by atoms with Crippen molar-refractivity contribution in [2.45, 2.75) is 19.8 Å². The van der Waals surface area contributed by atoms with Gasteiger partial charge in [-0.2, -0.15) is 0 Å². The Morgan fingerprint density at radius 1 is 1.45 bits per heavy atom. The number of rotatable bonds is 5. The normalized spacial score (nSPS) is 16.1. The van der Waals surface area contributed by atoms with Crippen LogP contribution in [0, 0.1) is 11.8 Å². The molecule has 104 valence electrons. The fourth-order valence-electron chi connectivity index (χ4n) is 2.59. The van der Waals surface area contributed by atoms with E-state index < -0.39 is 5.97 Å². The lowest BCUT2D eigenvalue weighted by molar-refractivity contribution is 0.0697.